The molecule has 1 heterocycles. The van der Waals surface area contributed by atoms with Crippen LogP contribution in [0.15, 0.2) is 12.1 Å². The zero-order valence-corrected chi connectivity index (χ0v) is 12.9. The highest BCUT2D eigenvalue weighted by Crippen LogP contribution is 2.22. The van der Waals surface area contributed by atoms with Gasteiger partial charge in [0.2, 0.25) is 0 Å². The maximum absolute atomic E-state index is 6.19. The van der Waals surface area contributed by atoms with Crippen molar-refractivity contribution in [3.63, 3.8) is 0 Å². The second-order valence-corrected chi connectivity index (χ2v) is 6.22. The molecule has 0 spiro atoms. The number of nitrogens with zero attached hydrogens (tertiary/aromatic N) is 1. The summed E-state index contributed by atoms with van der Waals surface area (Å²) in [5.74, 6) is 0.667. The van der Waals surface area contributed by atoms with Gasteiger partial charge in [-0.25, -0.2) is 0 Å². The van der Waals surface area contributed by atoms with E-state index < -0.39 is 0 Å². The molecule has 1 fully saturated rings. The third-order valence-corrected chi connectivity index (χ3v) is 4.75. The normalized spacial score (nSPS) is 24.7. The average molecular weight is 260 g/mol. The fourth-order valence-corrected chi connectivity index (χ4v) is 3.13. The van der Waals surface area contributed by atoms with Crippen molar-refractivity contribution in [2.75, 3.05) is 13.1 Å². The maximum Gasteiger partial charge on any atom is 0.0236 e. The van der Waals surface area contributed by atoms with Gasteiger partial charge < -0.3 is 5.73 Å². The molecule has 2 N–H and O–H groups in total. The van der Waals surface area contributed by atoms with Crippen LogP contribution in [-0.2, 0) is 6.54 Å². The summed E-state index contributed by atoms with van der Waals surface area (Å²) in [6.07, 6.45) is 2.34. The van der Waals surface area contributed by atoms with E-state index in [2.05, 4.69) is 44.7 Å². The molecule has 0 saturated carbocycles. The van der Waals surface area contributed by atoms with Gasteiger partial charge in [0.05, 0.1) is 0 Å². The molecule has 1 aliphatic heterocycles. The lowest BCUT2D eigenvalue weighted by Gasteiger charge is -2.36. The minimum atomic E-state index is 0.405. The van der Waals surface area contributed by atoms with Crippen molar-refractivity contribution in [1.29, 1.82) is 0 Å². The first-order valence-corrected chi connectivity index (χ1v) is 7.56. The zero-order chi connectivity index (χ0) is 14.0. The van der Waals surface area contributed by atoms with E-state index in [4.69, 9.17) is 5.73 Å². The van der Waals surface area contributed by atoms with Crippen molar-refractivity contribution in [2.45, 2.75) is 53.1 Å². The monoisotopic (exact) mass is 260 g/mol. The summed E-state index contributed by atoms with van der Waals surface area (Å²) >= 11 is 0. The van der Waals surface area contributed by atoms with Crippen LogP contribution in [0.2, 0.25) is 0 Å². The Labute approximate surface area is 118 Å². The Morgan fingerprint density at radius 1 is 1.16 bits per heavy atom. The summed E-state index contributed by atoms with van der Waals surface area (Å²) in [7, 11) is 0. The lowest BCUT2D eigenvalue weighted by molar-refractivity contribution is 0.145. The number of benzene rings is 1. The van der Waals surface area contributed by atoms with Crippen molar-refractivity contribution in [2.24, 2.45) is 11.7 Å². The zero-order valence-electron chi connectivity index (χ0n) is 12.9. The summed E-state index contributed by atoms with van der Waals surface area (Å²) < 4.78 is 0. The number of aryl methyl sites for hydroxylation is 3. The smallest absolute Gasteiger partial charge is 0.0236 e. The molecule has 0 amide bonds. The average Bonchev–Trinajstić information content (AvgIpc) is 2.38. The topological polar surface area (TPSA) is 29.3 Å². The van der Waals surface area contributed by atoms with E-state index in [0.29, 0.717) is 12.0 Å². The van der Waals surface area contributed by atoms with E-state index in [1.54, 1.807) is 0 Å². The quantitative estimate of drug-likeness (QED) is 0.904. The number of hydrogen-bond acceptors (Lipinski definition) is 2. The van der Waals surface area contributed by atoms with Crippen LogP contribution >= 0.6 is 0 Å². The molecular weight excluding hydrogens is 232 g/mol. The molecule has 0 radical (unpaired) electrons. The number of likely N-dealkylation sites (tertiary alicyclic amines) is 1. The first-order chi connectivity index (χ1) is 9.01. The van der Waals surface area contributed by atoms with Gasteiger partial charge in [-0.1, -0.05) is 25.5 Å². The van der Waals surface area contributed by atoms with E-state index in [1.807, 2.05) is 0 Å². The predicted octanol–water partition coefficient (Wildman–Crippen LogP) is 3.17. The Morgan fingerprint density at radius 2 is 1.84 bits per heavy atom. The standard InChI is InChI=1S/C17H28N2/c1-5-15-10-19(7-6-17(15)18)11-16-9-13(3)12(2)8-14(16)4/h8-9,15,17H,5-7,10-11,18H2,1-4H3. The first kappa shape index (κ1) is 14.5. The third kappa shape index (κ3) is 3.37. The molecule has 1 aromatic carbocycles. The Balaban J connectivity index is 2.07. The molecule has 1 aromatic rings. The fourth-order valence-electron chi connectivity index (χ4n) is 3.13. The number of piperidine rings is 1. The second kappa shape index (κ2) is 6.06. The molecule has 2 nitrogen and oxygen atoms in total. The summed E-state index contributed by atoms with van der Waals surface area (Å²) in [6, 6.07) is 5.08. The van der Waals surface area contributed by atoms with Crippen LogP contribution in [-0.4, -0.2) is 24.0 Å². The summed E-state index contributed by atoms with van der Waals surface area (Å²) in [6.45, 7) is 12.3. The second-order valence-electron chi connectivity index (χ2n) is 6.22. The van der Waals surface area contributed by atoms with Crippen molar-refractivity contribution in [3.05, 3.63) is 34.4 Å². The van der Waals surface area contributed by atoms with Crippen LogP contribution in [0.3, 0.4) is 0 Å². The molecule has 0 bridgehead atoms. The van der Waals surface area contributed by atoms with E-state index in [9.17, 15) is 0 Å². The van der Waals surface area contributed by atoms with E-state index in [0.717, 1.165) is 26.1 Å². The molecule has 2 unspecified atom stereocenters. The minimum Gasteiger partial charge on any atom is -0.327 e. The predicted molar refractivity (Wildman–Crippen MR) is 82.3 cm³/mol. The van der Waals surface area contributed by atoms with Gasteiger partial charge in [-0.15, -0.1) is 0 Å². The fraction of sp³-hybridized carbons (Fsp3) is 0.647. The molecular formula is C17H28N2. The van der Waals surface area contributed by atoms with Crippen LogP contribution in [0, 0.1) is 26.7 Å². The van der Waals surface area contributed by atoms with Crippen molar-refractivity contribution in [1.82, 2.24) is 4.90 Å². The van der Waals surface area contributed by atoms with Gasteiger partial charge in [-0.2, -0.15) is 0 Å². The molecule has 106 valence electrons. The van der Waals surface area contributed by atoms with Gasteiger partial charge in [0.25, 0.3) is 0 Å². The van der Waals surface area contributed by atoms with Crippen LogP contribution in [0.5, 0.6) is 0 Å². The van der Waals surface area contributed by atoms with Gasteiger partial charge in [0, 0.05) is 19.1 Å². The molecule has 2 atom stereocenters. The lowest BCUT2D eigenvalue weighted by atomic mass is 9.90. The summed E-state index contributed by atoms with van der Waals surface area (Å²) in [4.78, 5) is 2.58. The highest BCUT2D eigenvalue weighted by Gasteiger charge is 2.25. The first-order valence-electron chi connectivity index (χ1n) is 7.56. The summed E-state index contributed by atoms with van der Waals surface area (Å²) in [5, 5.41) is 0. The Morgan fingerprint density at radius 3 is 2.53 bits per heavy atom. The largest absolute Gasteiger partial charge is 0.327 e. The van der Waals surface area contributed by atoms with Crippen LogP contribution in [0.4, 0.5) is 0 Å². The number of rotatable bonds is 3. The van der Waals surface area contributed by atoms with Crippen molar-refractivity contribution >= 4 is 0 Å². The van der Waals surface area contributed by atoms with Crippen molar-refractivity contribution < 1.29 is 0 Å². The molecule has 0 aliphatic carbocycles. The third-order valence-electron chi connectivity index (χ3n) is 4.75. The Bertz CT molecular complexity index is 439. The van der Waals surface area contributed by atoms with Crippen LogP contribution in [0.25, 0.3) is 0 Å². The molecule has 1 aliphatic rings. The van der Waals surface area contributed by atoms with E-state index in [1.165, 1.54) is 28.7 Å². The van der Waals surface area contributed by atoms with Gasteiger partial charge in [-0.3, -0.25) is 4.90 Å². The van der Waals surface area contributed by atoms with E-state index >= 15 is 0 Å². The van der Waals surface area contributed by atoms with E-state index in [-0.39, 0.29) is 0 Å². The van der Waals surface area contributed by atoms with Gasteiger partial charge in [0.15, 0.2) is 0 Å². The lowest BCUT2D eigenvalue weighted by Crippen LogP contribution is -2.46. The molecule has 0 aromatic heterocycles. The molecule has 2 rings (SSSR count). The highest BCUT2D eigenvalue weighted by molar-refractivity contribution is 5.36. The van der Waals surface area contributed by atoms with Crippen molar-refractivity contribution in [3.8, 4) is 0 Å². The SMILES string of the molecule is CCC1CN(Cc2cc(C)c(C)cc2C)CCC1N. The molecule has 2 heteroatoms. The molecule has 19 heavy (non-hydrogen) atoms. The van der Waals surface area contributed by atoms with Gasteiger partial charge in [0.1, 0.15) is 0 Å². The minimum absolute atomic E-state index is 0.405. The Hall–Kier alpha value is -0.860. The van der Waals surface area contributed by atoms with Crippen LogP contribution in [0.1, 0.15) is 42.0 Å². The molecule has 1 saturated heterocycles. The van der Waals surface area contributed by atoms with Gasteiger partial charge in [-0.05, 0) is 61.9 Å². The van der Waals surface area contributed by atoms with Gasteiger partial charge >= 0.3 is 0 Å². The highest BCUT2D eigenvalue weighted by atomic mass is 15.1. The summed E-state index contributed by atoms with van der Waals surface area (Å²) in [5.41, 5.74) is 11.9. The van der Waals surface area contributed by atoms with Crippen LogP contribution < -0.4 is 5.73 Å². The maximum atomic E-state index is 6.19. The Kier molecular flexibility index (Phi) is 4.64. The number of hydrogen-bond donors (Lipinski definition) is 1. The number of nitrogens with two attached hydrogens (primary N) is 1.